The summed E-state index contributed by atoms with van der Waals surface area (Å²) in [5.41, 5.74) is 3.65. The molecular formula is C16H22N4. The van der Waals surface area contributed by atoms with Crippen LogP contribution in [0.4, 0.5) is 17.3 Å². The van der Waals surface area contributed by atoms with Gasteiger partial charge >= 0.3 is 0 Å². The van der Waals surface area contributed by atoms with Crippen molar-refractivity contribution >= 4 is 17.3 Å². The molecule has 4 nitrogen and oxygen atoms in total. The van der Waals surface area contributed by atoms with Gasteiger partial charge < -0.3 is 10.2 Å². The van der Waals surface area contributed by atoms with Gasteiger partial charge in [-0.15, -0.1) is 0 Å². The van der Waals surface area contributed by atoms with Crippen LogP contribution in [-0.4, -0.2) is 24.1 Å². The van der Waals surface area contributed by atoms with Gasteiger partial charge in [-0.05, 0) is 37.1 Å². The number of rotatable bonds is 4. The first kappa shape index (κ1) is 14.3. The molecule has 106 valence electrons. The average molecular weight is 270 g/mol. The van der Waals surface area contributed by atoms with Gasteiger partial charge in [0.2, 0.25) is 0 Å². The Morgan fingerprint density at radius 3 is 2.25 bits per heavy atom. The van der Waals surface area contributed by atoms with Crippen LogP contribution >= 0.6 is 0 Å². The van der Waals surface area contributed by atoms with Crippen LogP contribution in [0.1, 0.15) is 23.9 Å². The smallest absolute Gasteiger partial charge is 0.138 e. The summed E-state index contributed by atoms with van der Waals surface area (Å²) in [7, 11) is 3.91. The molecule has 0 amide bonds. The van der Waals surface area contributed by atoms with Crippen molar-refractivity contribution in [3.63, 3.8) is 0 Å². The van der Waals surface area contributed by atoms with E-state index in [-0.39, 0.29) is 0 Å². The molecule has 0 aliphatic heterocycles. The quantitative estimate of drug-likeness (QED) is 0.923. The predicted octanol–water partition coefficient (Wildman–Crippen LogP) is 3.47. The molecule has 2 aromatic rings. The second-order valence-corrected chi connectivity index (χ2v) is 5.04. The van der Waals surface area contributed by atoms with E-state index >= 15 is 0 Å². The van der Waals surface area contributed by atoms with Crippen LogP contribution in [0.2, 0.25) is 0 Å². The molecular weight excluding hydrogens is 248 g/mol. The Kier molecular flexibility index (Phi) is 4.23. The van der Waals surface area contributed by atoms with Gasteiger partial charge in [0.25, 0.3) is 0 Å². The molecule has 0 saturated carbocycles. The van der Waals surface area contributed by atoms with E-state index in [2.05, 4.69) is 59.2 Å². The number of hydrogen-bond donors (Lipinski definition) is 1. The predicted molar refractivity (Wildman–Crippen MR) is 84.9 cm³/mol. The SMILES string of the molecule is CCc1nc(NC)cc(N(C)c2cc(C)cc(C)c2)n1. The third-order valence-corrected chi connectivity index (χ3v) is 3.27. The normalized spacial score (nSPS) is 10.4. The average Bonchev–Trinajstić information content (AvgIpc) is 2.44. The Hall–Kier alpha value is -2.10. The maximum Gasteiger partial charge on any atom is 0.138 e. The van der Waals surface area contributed by atoms with Crippen molar-refractivity contribution in [1.82, 2.24) is 9.97 Å². The van der Waals surface area contributed by atoms with Gasteiger partial charge in [-0.3, -0.25) is 0 Å². The molecule has 0 radical (unpaired) electrons. The minimum atomic E-state index is 0.823. The number of anilines is 3. The lowest BCUT2D eigenvalue weighted by Gasteiger charge is -2.20. The van der Waals surface area contributed by atoms with Gasteiger partial charge in [-0.25, -0.2) is 9.97 Å². The molecule has 0 spiro atoms. The lowest BCUT2D eigenvalue weighted by molar-refractivity contribution is 0.927. The standard InChI is InChI=1S/C16H22N4/c1-6-14-18-15(17-4)10-16(19-14)20(5)13-8-11(2)7-12(3)9-13/h7-10H,6H2,1-5H3,(H,17,18,19). The second kappa shape index (κ2) is 5.90. The Labute approximate surface area is 120 Å². The molecule has 0 atom stereocenters. The topological polar surface area (TPSA) is 41.1 Å². The maximum absolute atomic E-state index is 4.61. The first-order valence-electron chi connectivity index (χ1n) is 6.91. The van der Waals surface area contributed by atoms with E-state index in [1.54, 1.807) is 0 Å². The molecule has 1 N–H and O–H groups in total. The summed E-state index contributed by atoms with van der Waals surface area (Å²) < 4.78 is 0. The molecule has 1 aromatic heterocycles. The van der Waals surface area contributed by atoms with Crippen LogP contribution in [-0.2, 0) is 6.42 Å². The molecule has 4 heteroatoms. The number of nitrogens with zero attached hydrogens (tertiary/aromatic N) is 3. The van der Waals surface area contributed by atoms with Gasteiger partial charge in [0, 0.05) is 32.3 Å². The Morgan fingerprint density at radius 2 is 1.70 bits per heavy atom. The van der Waals surface area contributed by atoms with Crippen molar-refractivity contribution in [3.8, 4) is 0 Å². The van der Waals surface area contributed by atoms with Gasteiger partial charge in [-0.1, -0.05) is 13.0 Å². The molecule has 0 bridgehead atoms. The number of hydrogen-bond acceptors (Lipinski definition) is 4. The summed E-state index contributed by atoms with van der Waals surface area (Å²) in [5.74, 6) is 2.61. The first-order valence-corrected chi connectivity index (χ1v) is 6.91. The molecule has 20 heavy (non-hydrogen) atoms. The van der Waals surface area contributed by atoms with E-state index in [4.69, 9.17) is 0 Å². The van der Waals surface area contributed by atoms with Gasteiger partial charge in [0.1, 0.15) is 17.5 Å². The van der Waals surface area contributed by atoms with Gasteiger partial charge in [0.15, 0.2) is 0 Å². The largest absolute Gasteiger partial charge is 0.373 e. The minimum absolute atomic E-state index is 0.823. The molecule has 0 aliphatic rings. The minimum Gasteiger partial charge on any atom is -0.373 e. The van der Waals surface area contributed by atoms with Crippen molar-refractivity contribution in [2.75, 3.05) is 24.3 Å². The van der Waals surface area contributed by atoms with E-state index in [1.807, 2.05) is 20.2 Å². The van der Waals surface area contributed by atoms with Crippen LogP contribution in [0.15, 0.2) is 24.3 Å². The van der Waals surface area contributed by atoms with Crippen molar-refractivity contribution in [3.05, 3.63) is 41.2 Å². The fraction of sp³-hybridized carbons (Fsp3) is 0.375. The van der Waals surface area contributed by atoms with Crippen molar-refractivity contribution in [1.29, 1.82) is 0 Å². The second-order valence-electron chi connectivity index (χ2n) is 5.04. The highest BCUT2D eigenvalue weighted by atomic mass is 15.2. The van der Waals surface area contributed by atoms with Gasteiger partial charge in [-0.2, -0.15) is 0 Å². The third kappa shape index (κ3) is 3.07. The lowest BCUT2D eigenvalue weighted by Crippen LogP contribution is -2.14. The third-order valence-electron chi connectivity index (χ3n) is 3.27. The lowest BCUT2D eigenvalue weighted by atomic mass is 10.1. The highest BCUT2D eigenvalue weighted by Gasteiger charge is 2.10. The fourth-order valence-corrected chi connectivity index (χ4v) is 2.22. The van der Waals surface area contributed by atoms with Crippen LogP contribution in [0.25, 0.3) is 0 Å². The van der Waals surface area contributed by atoms with Crippen molar-refractivity contribution in [2.45, 2.75) is 27.2 Å². The highest BCUT2D eigenvalue weighted by molar-refractivity contribution is 5.63. The Bertz CT molecular complexity index is 565. The zero-order valence-corrected chi connectivity index (χ0v) is 12.9. The van der Waals surface area contributed by atoms with Crippen LogP contribution in [0.3, 0.4) is 0 Å². The van der Waals surface area contributed by atoms with Crippen molar-refractivity contribution < 1.29 is 0 Å². The van der Waals surface area contributed by atoms with Gasteiger partial charge in [0.05, 0.1) is 0 Å². The summed E-state index contributed by atoms with van der Waals surface area (Å²) in [5, 5.41) is 3.09. The molecule has 0 unspecified atom stereocenters. The van der Waals surface area contributed by atoms with E-state index in [0.717, 1.165) is 29.6 Å². The highest BCUT2D eigenvalue weighted by Crippen LogP contribution is 2.25. The van der Waals surface area contributed by atoms with Crippen molar-refractivity contribution in [2.24, 2.45) is 0 Å². The number of aromatic nitrogens is 2. The Balaban J connectivity index is 2.43. The zero-order valence-electron chi connectivity index (χ0n) is 12.9. The first-order chi connectivity index (χ1) is 9.53. The Morgan fingerprint density at radius 1 is 1.05 bits per heavy atom. The molecule has 2 rings (SSSR count). The number of benzene rings is 1. The summed E-state index contributed by atoms with van der Waals surface area (Å²) in [6.07, 6.45) is 0.823. The van der Waals surface area contributed by atoms with E-state index in [0.29, 0.717) is 0 Å². The maximum atomic E-state index is 4.61. The molecule has 0 fully saturated rings. The summed E-state index contributed by atoms with van der Waals surface area (Å²) in [6, 6.07) is 8.48. The fourth-order valence-electron chi connectivity index (χ4n) is 2.22. The molecule has 0 saturated heterocycles. The summed E-state index contributed by atoms with van der Waals surface area (Å²) in [6.45, 7) is 6.29. The van der Waals surface area contributed by atoms with E-state index in [1.165, 1.54) is 11.1 Å². The molecule has 1 heterocycles. The van der Waals surface area contributed by atoms with Crippen LogP contribution < -0.4 is 10.2 Å². The monoisotopic (exact) mass is 270 g/mol. The number of aryl methyl sites for hydroxylation is 3. The number of nitrogens with one attached hydrogen (secondary N) is 1. The summed E-state index contributed by atoms with van der Waals surface area (Å²) >= 11 is 0. The van der Waals surface area contributed by atoms with E-state index < -0.39 is 0 Å². The molecule has 0 aliphatic carbocycles. The van der Waals surface area contributed by atoms with Crippen LogP contribution in [0, 0.1) is 13.8 Å². The zero-order chi connectivity index (χ0) is 14.7. The summed E-state index contributed by atoms with van der Waals surface area (Å²) in [4.78, 5) is 11.1. The van der Waals surface area contributed by atoms with E-state index in [9.17, 15) is 0 Å². The molecule has 1 aromatic carbocycles. The van der Waals surface area contributed by atoms with Crippen LogP contribution in [0.5, 0.6) is 0 Å².